The zero-order chi connectivity index (χ0) is 19.2. The average molecular weight is 441 g/mol. The number of anilines is 1. The van der Waals surface area contributed by atoms with Crippen LogP contribution in [0.15, 0.2) is 57.9 Å². The van der Waals surface area contributed by atoms with Crippen LogP contribution in [0.3, 0.4) is 0 Å². The molecule has 0 aliphatic rings. The molecule has 0 unspecified atom stereocenters. The van der Waals surface area contributed by atoms with Crippen LogP contribution in [-0.2, 0) is 19.6 Å². The Kier molecular flexibility index (Phi) is 6.90. The summed E-state index contributed by atoms with van der Waals surface area (Å²) in [6.45, 7) is 1.39. The lowest BCUT2D eigenvalue weighted by Gasteiger charge is -2.08. The monoisotopic (exact) mass is 440 g/mol. The molecule has 9 heteroatoms. The molecule has 2 aromatic carbocycles. The van der Waals surface area contributed by atoms with Crippen molar-refractivity contribution in [2.45, 2.75) is 11.8 Å². The van der Waals surface area contributed by atoms with Crippen LogP contribution in [0.2, 0.25) is 0 Å². The maximum atomic E-state index is 12.1. The van der Waals surface area contributed by atoms with Crippen molar-refractivity contribution in [3.8, 4) is 0 Å². The highest BCUT2D eigenvalue weighted by Crippen LogP contribution is 2.14. The van der Waals surface area contributed by atoms with Crippen LogP contribution in [0.4, 0.5) is 5.69 Å². The smallest absolute Gasteiger partial charge is 0.338 e. The molecule has 1 amide bonds. The first-order valence-corrected chi connectivity index (χ1v) is 9.91. The zero-order valence-corrected chi connectivity index (χ0v) is 16.3. The number of amides is 1. The van der Waals surface area contributed by atoms with Crippen molar-refractivity contribution < 1.29 is 22.7 Å². The molecule has 0 bridgehead atoms. The van der Waals surface area contributed by atoms with Crippen LogP contribution < -0.4 is 10.0 Å². The molecule has 0 fully saturated rings. The van der Waals surface area contributed by atoms with E-state index in [1.54, 1.807) is 31.2 Å². The fraction of sp³-hybridized carbons (Fsp3) is 0.176. The third kappa shape index (κ3) is 5.65. The SMILES string of the molecule is CCNS(=O)(=O)c1cccc(C(=O)OCC(=O)Nc2ccc(Br)cc2)c1. The van der Waals surface area contributed by atoms with E-state index in [1.165, 1.54) is 24.3 Å². The Morgan fingerprint density at radius 1 is 1.12 bits per heavy atom. The van der Waals surface area contributed by atoms with E-state index in [9.17, 15) is 18.0 Å². The summed E-state index contributed by atoms with van der Waals surface area (Å²) in [7, 11) is -3.68. The van der Waals surface area contributed by atoms with Crippen LogP contribution in [-0.4, -0.2) is 33.4 Å². The minimum absolute atomic E-state index is 0.0421. The molecule has 2 rings (SSSR count). The molecule has 0 aromatic heterocycles. The van der Waals surface area contributed by atoms with Gasteiger partial charge >= 0.3 is 5.97 Å². The van der Waals surface area contributed by atoms with Crippen molar-refractivity contribution in [2.24, 2.45) is 0 Å². The summed E-state index contributed by atoms with van der Waals surface area (Å²) < 4.78 is 32.1. The summed E-state index contributed by atoms with van der Waals surface area (Å²) >= 11 is 3.29. The molecule has 0 atom stereocenters. The molecule has 0 saturated carbocycles. The molecule has 0 spiro atoms. The fourth-order valence-electron chi connectivity index (χ4n) is 2.01. The van der Waals surface area contributed by atoms with Gasteiger partial charge in [-0.2, -0.15) is 0 Å². The van der Waals surface area contributed by atoms with Gasteiger partial charge in [0.15, 0.2) is 6.61 Å². The Hall–Kier alpha value is -2.23. The molecule has 0 aliphatic carbocycles. The molecular weight excluding hydrogens is 424 g/mol. The minimum Gasteiger partial charge on any atom is -0.452 e. The van der Waals surface area contributed by atoms with E-state index in [-0.39, 0.29) is 17.0 Å². The maximum Gasteiger partial charge on any atom is 0.338 e. The lowest BCUT2D eigenvalue weighted by Crippen LogP contribution is -2.24. The van der Waals surface area contributed by atoms with Gasteiger partial charge in [-0.1, -0.05) is 28.9 Å². The summed E-state index contributed by atoms with van der Waals surface area (Å²) in [4.78, 5) is 23.9. The van der Waals surface area contributed by atoms with Crippen molar-refractivity contribution in [3.63, 3.8) is 0 Å². The number of halogens is 1. The number of benzene rings is 2. The number of ether oxygens (including phenoxy) is 1. The van der Waals surface area contributed by atoms with Gasteiger partial charge in [0.1, 0.15) is 0 Å². The minimum atomic E-state index is -3.68. The maximum absolute atomic E-state index is 12.1. The largest absolute Gasteiger partial charge is 0.452 e. The first-order valence-electron chi connectivity index (χ1n) is 7.64. The second kappa shape index (κ2) is 8.93. The number of rotatable bonds is 7. The van der Waals surface area contributed by atoms with Crippen LogP contribution >= 0.6 is 15.9 Å². The lowest BCUT2D eigenvalue weighted by atomic mass is 10.2. The van der Waals surface area contributed by atoms with Gasteiger partial charge in [-0.25, -0.2) is 17.9 Å². The summed E-state index contributed by atoms with van der Waals surface area (Å²) in [5.74, 6) is -1.29. The molecule has 7 nitrogen and oxygen atoms in total. The van der Waals surface area contributed by atoms with Gasteiger partial charge in [0.2, 0.25) is 10.0 Å². The second-order valence-electron chi connectivity index (χ2n) is 5.16. The highest BCUT2D eigenvalue weighted by atomic mass is 79.9. The number of sulfonamides is 1. The number of carbonyl (C=O) groups is 2. The number of carbonyl (C=O) groups excluding carboxylic acids is 2. The average Bonchev–Trinajstić information content (AvgIpc) is 2.62. The van der Waals surface area contributed by atoms with Gasteiger partial charge in [0.05, 0.1) is 10.5 Å². The summed E-state index contributed by atoms with van der Waals surface area (Å²) in [5, 5.41) is 2.59. The van der Waals surface area contributed by atoms with Crippen LogP contribution in [0, 0.1) is 0 Å². The molecule has 26 heavy (non-hydrogen) atoms. The lowest BCUT2D eigenvalue weighted by molar-refractivity contribution is -0.119. The number of hydrogen-bond donors (Lipinski definition) is 2. The predicted molar refractivity (Wildman–Crippen MR) is 100 cm³/mol. The number of esters is 1. The van der Waals surface area contributed by atoms with Gasteiger partial charge in [0.25, 0.3) is 5.91 Å². The van der Waals surface area contributed by atoms with E-state index < -0.39 is 28.5 Å². The van der Waals surface area contributed by atoms with E-state index >= 15 is 0 Å². The van der Waals surface area contributed by atoms with E-state index in [0.29, 0.717) is 5.69 Å². The van der Waals surface area contributed by atoms with Gasteiger partial charge in [-0.05, 0) is 42.5 Å². The van der Waals surface area contributed by atoms with Crippen molar-refractivity contribution >= 4 is 43.5 Å². The van der Waals surface area contributed by atoms with Crippen LogP contribution in [0.5, 0.6) is 0 Å². The fourth-order valence-corrected chi connectivity index (χ4v) is 3.36. The van der Waals surface area contributed by atoms with Crippen molar-refractivity contribution in [2.75, 3.05) is 18.5 Å². The standard InChI is InChI=1S/C17H17BrN2O5S/c1-2-19-26(23,24)15-5-3-4-12(10-15)17(22)25-11-16(21)20-14-8-6-13(18)7-9-14/h3-10,19H,2,11H2,1H3,(H,20,21). The van der Waals surface area contributed by atoms with Gasteiger partial charge in [0, 0.05) is 16.7 Å². The van der Waals surface area contributed by atoms with Gasteiger partial charge in [-0.3, -0.25) is 4.79 Å². The second-order valence-corrected chi connectivity index (χ2v) is 7.84. The normalized spacial score (nSPS) is 11.0. The summed E-state index contributed by atoms with van der Waals surface area (Å²) in [6.07, 6.45) is 0. The van der Waals surface area contributed by atoms with Crippen molar-refractivity contribution in [1.29, 1.82) is 0 Å². The van der Waals surface area contributed by atoms with E-state index in [0.717, 1.165) is 4.47 Å². The quantitative estimate of drug-likeness (QED) is 0.644. The highest BCUT2D eigenvalue weighted by molar-refractivity contribution is 9.10. The first kappa shape index (κ1) is 20.1. The van der Waals surface area contributed by atoms with Crippen LogP contribution in [0.25, 0.3) is 0 Å². The molecule has 0 radical (unpaired) electrons. The van der Waals surface area contributed by atoms with Crippen LogP contribution in [0.1, 0.15) is 17.3 Å². The molecular formula is C17H17BrN2O5S. The van der Waals surface area contributed by atoms with Crippen molar-refractivity contribution in [3.05, 3.63) is 58.6 Å². The Morgan fingerprint density at radius 2 is 1.81 bits per heavy atom. The third-order valence-corrected chi connectivity index (χ3v) is 5.25. The Bertz CT molecular complexity index is 898. The summed E-state index contributed by atoms with van der Waals surface area (Å²) in [5.41, 5.74) is 0.605. The molecule has 0 aliphatic heterocycles. The topological polar surface area (TPSA) is 102 Å². The molecule has 0 heterocycles. The van der Waals surface area contributed by atoms with Gasteiger partial charge in [-0.15, -0.1) is 0 Å². The molecule has 138 valence electrons. The third-order valence-electron chi connectivity index (χ3n) is 3.18. The zero-order valence-electron chi connectivity index (χ0n) is 13.9. The Morgan fingerprint density at radius 3 is 2.46 bits per heavy atom. The number of nitrogens with one attached hydrogen (secondary N) is 2. The predicted octanol–water partition coefficient (Wildman–Crippen LogP) is 2.54. The molecule has 0 saturated heterocycles. The molecule has 2 N–H and O–H groups in total. The Labute approximate surface area is 159 Å². The molecule has 2 aromatic rings. The van der Waals surface area contributed by atoms with E-state index in [2.05, 4.69) is 26.0 Å². The summed E-state index contributed by atoms with van der Waals surface area (Å²) in [6, 6.07) is 12.3. The van der Waals surface area contributed by atoms with Crippen molar-refractivity contribution in [1.82, 2.24) is 4.72 Å². The highest BCUT2D eigenvalue weighted by Gasteiger charge is 2.16. The van der Waals surface area contributed by atoms with Gasteiger partial charge < -0.3 is 10.1 Å². The number of hydrogen-bond acceptors (Lipinski definition) is 5. The Balaban J connectivity index is 1.97. The first-order chi connectivity index (χ1) is 12.3. The van der Waals surface area contributed by atoms with E-state index in [1.807, 2.05) is 0 Å². The van der Waals surface area contributed by atoms with E-state index in [4.69, 9.17) is 4.74 Å².